The Labute approximate surface area is 95.7 Å². The Morgan fingerprint density at radius 3 is 2.50 bits per heavy atom. The Morgan fingerprint density at radius 1 is 1.38 bits per heavy atom. The second kappa shape index (κ2) is 5.01. The van der Waals surface area contributed by atoms with Crippen molar-refractivity contribution in [2.75, 3.05) is 0 Å². The molecule has 2 N–H and O–H groups in total. The summed E-state index contributed by atoms with van der Waals surface area (Å²) < 4.78 is 0. The van der Waals surface area contributed by atoms with Gasteiger partial charge in [-0.25, -0.2) is 0 Å². The van der Waals surface area contributed by atoms with E-state index in [1.54, 1.807) is 6.07 Å². The lowest BCUT2D eigenvalue weighted by atomic mass is 9.88. The molecule has 1 rings (SSSR count). The summed E-state index contributed by atoms with van der Waals surface area (Å²) in [5.41, 5.74) is 1.74. The predicted molar refractivity (Wildman–Crippen MR) is 62.5 cm³/mol. The van der Waals surface area contributed by atoms with Crippen molar-refractivity contribution in [2.45, 2.75) is 27.2 Å². The molecule has 0 amide bonds. The molecule has 3 heteroatoms. The molecule has 88 valence electrons. The van der Waals surface area contributed by atoms with Crippen molar-refractivity contribution in [1.82, 2.24) is 0 Å². The van der Waals surface area contributed by atoms with E-state index in [-0.39, 0.29) is 11.7 Å². The molecule has 0 spiro atoms. The number of phenolic OH excluding ortho intramolecular Hbond substituents is 1. The zero-order chi connectivity index (χ0) is 12.3. The van der Waals surface area contributed by atoms with Crippen LogP contribution in [0.3, 0.4) is 0 Å². The lowest BCUT2D eigenvalue weighted by molar-refractivity contribution is -0.143. The number of aromatic hydroxyl groups is 1. The second-order valence-corrected chi connectivity index (χ2v) is 4.53. The molecule has 0 bridgehead atoms. The summed E-state index contributed by atoms with van der Waals surface area (Å²) in [5, 5.41) is 18.7. The number of aliphatic carboxylic acids is 1. The van der Waals surface area contributed by atoms with Gasteiger partial charge in [0.2, 0.25) is 0 Å². The number of carboxylic acid groups (broad SMARTS) is 1. The van der Waals surface area contributed by atoms with Gasteiger partial charge in [0.15, 0.2) is 0 Å². The van der Waals surface area contributed by atoms with Gasteiger partial charge < -0.3 is 10.2 Å². The summed E-state index contributed by atoms with van der Waals surface area (Å²) >= 11 is 0. The summed E-state index contributed by atoms with van der Waals surface area (Å²) in [6.45, 7) is 5.69. The van der Waals surface area contributed by atoms with E-state index in [0.717, 1.165) is 5.56 Å². The molecule has 0 saturated carbocycles. The maximum absolute atomic E-state index is 11.1. The van der Waals surface area contributed by atoms with Crippen molar-refractivity contribution < 1.29 is 15.0 Å². The van der Waals surface area contributed by atoms with Gasteiger partial charge in [-0.1, -0.05) is 31.5 Å². The number of phenols is 1. The van der Waals surface area contributed by atoms with Gasteiger partial charge in [-0.05, 0) is 30.9 Å². The molecule has 0 fully saturated rings. The van der Waals surface area contributed by atoms with E-state index in [1.807, 2.05) is 32.9 Å². The van der Waals surface area contributed by atoms with E-state index in [2.05, 4.69) is 0 Å². The molecule has 0 radical (unpaired) electrons. The number of benzene rings is 1. The van der Waals surface area contributed by atoms with Gasteiger partial charge in [0.05, 0.1) is 5.92 Å². The van der Waals surface area contributed by atoms with Crippen molar-refractivity contribution in [3.05, 3.63) is 29.3 Å². The van der Waals surface area contributed by atoms with Crippen molar-refractivity contribution >= 4 is 5.97 Å². The molecule has 0 saturated heterocycles. The number of carboxylic acids is 1. The van der Waals surface area contributed by atoms with Crippen LogP contribution in [0.4, 0.5) is 0 Å². The highest BCUT2D eigenvalue weighted by Gasteiger charge is 2.22. The number of hydrogen-bond donors (Lipinski definition) is 2. The molecule has 1 aromatic carbocycles. The van der Waals surface area contributed by atoms with Crippen molar-refractivity contribution in [3.8, 4) is 5.75 Å². The zero-order valence-electron chi connectivity index (χ0n) is 9.90. The number of hydrogen-bond acceptors (Lipinski definition) is 2. The third-order valence-electron chi connectivity index (χ3n) is 2.80. The fourth-order valence-electron chi connectivity index (χ4n) is 1.72. The van der Waals surface area contributed by atoms with Gasteiger partial charge in [0.25, 0.3) is 0 Å². The summed E-state index contributed by atoms with van der Waals surface area (Å²) in [4.78, 5) is 11.1. The molecule has 0 aliphatic carbocycles. The van der Waals surface area contributed by atoms with Gasteiger partial charge in [-0.2, -0.15) is 0 Å². The highest BCUT2D eigenvalue weighted by atomic mass is 16.4. The van der Waals surface area contributed by atoms with Crippen LogP contribution in [-0.2, 0) is 11.2 Å². The first kappa shape index (κ1) is 12.6. The van der Waals surface area contributed by atoms with Crippen LogP contribution in [-0.4, -0.2) is 16.2 Å². The highest BCUT2D eigenvalue weighted by molar-refractivity contribution is 5.70. The quantitative estimate of drug-likeness (QED) is 0.823. The molecule has 0 aliphatic heterocycles. The van der Waals surface area contributed by atoms with Crippen LogP contribution in [0.2, 0.25) is 0 Å². The summed E-state index contributed by atoms with van der Waals surface area (Å²) in [5.74, 6) is -1.03. The van der Waals surface area contributed by atoms with Gasteiger partial charge in [-0.3, -0.25) is 4.79 Å². The van der Waals surface area contributed by atoms with E-state index in [1.165, 1.54) is 0 Å². The van der Waals surface area contributed by atoms with E-state index >= 15 is 0 Å². The van der Waals surface area contributed by atoms with Crippen molar-refractivity contribution in [2.24, 2.45) is 11.8 Å². The fraction of sp³-hybridized carbons (Fsp3) is 0.462. The lowest BCUT2D eigenvalue weighted by Crippen LogP contribution is -2.22. The first-order chi connectivity index (χ1) is 7.41. The smallest absolute Gasteiger partial charge is 0.307 e. The molecule has 1 atom stereocenters. The molecule has 1 unspecified atom stereocenters. The summed E-state index contributed by atoms with van der Waals surface area (Å²) in [6.07, 6.45) is 0.376. The first-order valence-corrected chi connectivity index (χ1v) is 5.43. The maximum atomic E-state index is 11.1. The fourth-order valence-corrected chi connectivity index (χ4v) is 1.72. The first-order valence-electron chi connectivity index (χ1n) is 5.43. The Morgan fingerprint density at radius 2 is 2.00 bits per heavy atom. The topological polar surface area (TPSA) is 57.5 Å². The zero-order valence-corrected chi connectivity index (χ0v) is 9.90. The maximum Gasteiger partial charge on any atom is 0.307 e. The molecule has 0 aromatic heterocycles. The van der Waals surface area contributed by atoms with Crippen LogP contribution in [0.5, 0.6) is 5.75 Å². The van der Waals surface area contributed by atoms with Crippen LogP contribution in [0, 0.1) is 18.8 Å². The number of carbonyl (C=O) groups is 1. The van der Waals surface area contributed by atoms with E-state index < -0.39 is 11.9 Å². The number of aryl methyl sites for hydroxylation is 1. The third kappa shape index (κ3) is 2.99. The Bertz CT molecular complexity index is 383. The van der Waals surface area contributed by atoms with Crippen molar-refractivity contribution in [3.63, 3.8) is 0 Å². The predicted octanol–water partition coefficient (Wildman–Crippen LogP) is 2.60. The average Bonchev–Trinajstić information content (AvgIpc) is 2.18. The molecular weight excluding hydrogens is 204 g/mol. The minimum absolute atomic E-state index is 0.0532. The van der Waals surface area contributed by atoms with Crippen LogP contribution in [0.1, 0.15) is 25.0 Å². The van der Waals surface area contributed by atoms with Crippen LogP contribution < -0.4 is 0 Å². The van der Waals surface area contributed by atoms with Crippen LogP contribution in [0.15, 0.2) is 18.2 Å². The second-order valence-electron chi connectivity index (χ2n) is 4.53. The molecule has 0 heterocycles. The van der Waals surface area contributed by atoms with Gasteiger partial charge in [-0.15, -0.1) is 0 Å². The molecule has 3 nitrogen and oxygen atoms in total. The average molecular weight is 222 g/mol. The SMILES string of the molecule is Cc1ccc(O)c(CC(C(=O)O)C(C)C)c1. The van der Waals surface area contributed by atoms with Gasteiger partial charge in [0.1, 0.15) is 5.75 Å². The van der Waals surface area contributed by atoms with Crippen molar-refractivity contribution in [1.29, 1.82) is 0 Å². The largest absolute Gasteiger partial charge is 0.508 e. The van der Waals surface area contributed by atoms with Gasteiger partial charge in [0, 0.05) is 0 Å². The minimum atomic E-state index is -0.809. The lowest BCUT2D eigenvalue weighted by Gasteiger charge is -2.17. The van der Waals surface area contributed by atoms with E-state index in [0.29, 0.717) is 12.0 Å². The Kier molecular flexibility index (Phi) is 3.93. The molecule has 0 aliphatic rings. The molecule has 16 heavy (non-hydrogen) atoms. The van der Waals surface area contributed by atoms with E-state index in [9.17, 15) is 9.90 Å². The van der Waals surface area contributed by atoms with Crippen LogP contribution in [0.25, 0.3) is 0 Å². The minimum Gasteiger partial charge on any atom is -0.508 e. The highest BCUT2D eigenvalue weighted by Crippen LogP contribution is 2.25. The molecular formula is C13H18O3. The summed E-state index contributed by atoms with van der Waals surface area (Å²) in [7, 11) is 0. The standard InChI is InChI=1S/C13H18O3/c1-8(2)11(13(15)16)7-10-6-9(3)4-5-12(10)14/h4-6,8,11,14H,7H2,1-3H3,(H,15,16). The third-order valence-corrected chi connectivity index (χ3v) is 2.80. The Balaban J connectivity index is 2.93. The Hall–Kier alpha value is -1.51. The normalized spacial score (nSPS) is 12.8. The van der Waals surface area contributed by atoms with Gasteiger partial charge >= 0.3 is 5.97 Å². The number of rotatable bonds is 4. The summed E-state index contributed by atoms with van der Waals surface area (Å²) in [6, 6.07) is 5.27. The van der Waals surface area contributed by atoms with E-state index in [4.69, 9.17) is 5.11 Å². The molecule has 1 aromatic rings. The van der Waals surface area contributed by atoms with Crippen LogP contribution >= 0.6 is 0 Å². The monoisotopic (exact) mass is 222 g/mol.